The van der Waals surface area contributed by atoms with Crippen LogP contribution >= 0.6 is 0 Å². The lowest BCUT2D eigenvalue weighted by molar-refractivity contribution is 0.499. The lowest BCUT2D eigenvalue weighted by atomic mass is 9.93. The molecule has 15 heavy (non-hydrogen) atoms. The van der Waals surface area contributed by atoms with Crippen LogP contribution in [-0.4, -0.2) is 12.6 Å². The average Bonchev–Trinajstić information content (AvgIpc) is 2.89. The van der Waals surface area contributed by atoms with Crippen LogP contribution in [0.4, 0.5) is 0 Å². The van der Waals surface area contributed by atoms with Crippen molar-refractivity contribution in [3.05, 3.63) is 35.9 Å². The van der Waals surface area contributed by atoms with E-state index in [0.29, 0.717) is 11.5 Å². The predicted molar refractivity (Wildman–Crippen MR) is 65.0 cm³/mol. The van der Waals surface area contributed by atoms with E-state index in [1.165, 1.54) is 12.0 Å². The highest BCUT2D eigenvalue weighted by Crippen LogP contribution is 2.53. The van der Waals surface area contributed by atoms with E-state index in [2.05, 4.69) is 56.4 Å². The summed E-state index contributed by atoms with van der Waals surface area (Å²) in [4.78, 5) is 0. The molecule has 1 aliphatic rings. The third-order valence-electron chi connectivity index (χ3n) is 3.63. The largest absolute Gasteiger partial charge is 0.314 e. The van der Waals surface area contributed by atoms with E-state index >= 15 is 0 Å². The molecular formula is C14H21N. The Morgan fingerprint density at radius 1 is 1.33 bits per heavy atom. The summed E-state index contributed by atoms with van der Waals surface area (Å²) in [6.45, 7) is 7.91. The second-order valence-electron chi connectivity index (χ2n) is 5.16. The molecule has 82 valence electrons. The van der Waals surface area contributed by atoms with Crippen molar-refractivity contribution in [3.8, 4) is 0 Å². The van der Waals surface area contributed by atoms with Gasteiger partial charge in [-0.1, -0.05) is 51.1 Å². The van der Waals surface area contributed by atoms with Crippen LogP contribution < -0.4 is 5.32 Å². The molecule has 0 radical (unpaired) electrons. The molecule has 1 saturated carbocycles. The topological polar surface area (TPSA) is 12.0 Å². The molecular weight excluding hydrogens is 182 g/mol. The number of hydrogen-bond donors (Lipinski definition) is 1. The molecule has 0 aromatic heterocycles. The molecule has 0 saturated heterocycles. The van der Waals surface area contributed by atoms with Gasteiger partial charge >= 0.3 is 0 Å². The molecule has 2 rings (SSSR count). The van der Waals surface area contributed by atoms with Crippen LogP contribution in [0.15, 0.2) is 30.3 Å². The molecule has 1 aliphatic carbocycles. The predicted octanol–water partition coefficient (Wildman–Crippen LogP) is 2.96. The van der Waals surface area contributed by atoms with Crippen LogP contribution in [0.25, 0.3) is 0 Å². The molecule has 1 aromatic carbocycles. The van der Waals surface area contributed by atoms with E-state index in [0.717, 1.165) is 12.5 Å². The van der Waals surface area contributed by atoms with Gasteiger partial charge < -0.3 is 5.32 Å². The maximum atomic E-state index is 3.58. The minimum absolute atomic E-state index is 0.422. The van der Waals surface area contributed by atoms with E-state index in [1.807, 2.05) is 0 Å². The van der Waals surface area contributed by atoms with Crippen molar-refractivity contribution in [2.45, 2.75) is 38.6 Å². The minimum atomic E-state index is 0.422. The smallest absolute Gasteiger partial charge is 0.0107 e. The van der Waals surface area contributed by atoms with Crippen molar-refractivity contribution in [3.63, 3.8) is 0 Å². The monoisotopic (exact) mass is 203 g/mol. The maximum absolute atomic E-state index is 3.58. The van der Waals surface area contributed by atoms with Crippen molar-refractivity contribution in [1.82, 2.24) is 5.32 Å². The van der Waals surface area contributed by atoms with Crippen LogP contribution in [0.2, 0.25) is 0 Å². The molecule has 2 unspecified atom stereocenters. The summed E-state index contributed by atoms with van der Waals surface area (Å²) in [5.74, 6) is 0.825. The van der Waals surface area contributed by atoms with Gasteiger partial charge in [0.1, 0.15) is 0 Å². The lowest BCUT2D eigenvalue weighted by Gasteiger charge is -2.19. The van der Waals surface area contributed by atoms with Gasteiger partial charge in [-0.3, -0.25) is 0 Å². The minimum Gasteiger partial charge on any atom is -0.314 e. The summed E-state index contributed by atoms with van der Waals surface area (Å²) in [7, 11) is 0. The summed E-state index contributed by atoms with van der Waals surface area (Å²) in [5, 5.41) is 3.58. The van der Waals surface area contributed by atoms with Gasteiger partial charge in [0, 0.05) is 18.0 Å². The Hall–Kier alpha value is -0.820. The molecule has 0 spiro atoms. The molecule has 1 heteroatoms. The fourth-order valence-electron chi connectivity index (χ4n) is 2.39. The lowest BCUT2D eigenvalue weighted by Crippen LogP contribution is -2.33. The first-order valence-electron chi connectivity index (χ1n) is 5.94. The Kier molecular flexibility index (Phi) is 2.83. The molecule has 1 fully saturated rings. The Morgan fingerprint density at radius 3 is 2.40 bits per heavy atom. The normalized spacial score (nSPS) is 29.5. The first kappa shape index (κ1) is 10.7. The highest BCUT2D eigenvalue weighted by atomic mass is 14.9. The van der Waals surface area contributed by atoms with Crippen LogP contribution in [0, 0.1) is 5.92 Å². The van der Waals surface area contributed by atoms with Crippen molar-refractivity contribution >= 4 is 0 Å². The second-order valence-corrected chi connectivity index (χ2v) is 5.16. The van der Waals surface area contributed by atoms with E-state index in [-0.39, 0.29) is 0 Å². The van der Waals surface area contributed by atoms with Gasteiger partial charge in [-0.2, -0.15) is 0 Å². The molecule has 0 aliphatic heterocycles. The molecule has 1 N–H and O–H groups in total. The van der Waals surface area contributed by atoms with E-state index < -0.39 is 0 Å². The fourth-order valence-corrected chi connectivity index (χ4v) is 2.39. The summed E-state index contributed by atoms with van der Waals surface area (Å²) >= 11 is 0. The van der Waals surface area contributed by atoms with Crippen LogP contribution in [-0.2, 0) is 5.41 Å². The van der Waals surface area contributed by atoms with Gasteiger partial charge in [0.2, 0.25) is 0 Å². The Labute approximate surface area is 92.9 Å². The van der Waals surface area contributed by atoms with Crippen LogP contribution in [0.3, 0.4) is 0 Å². The number of hydrogen-bond acceptors (Lipinski definition) is 1. The Morgan fingerprint density at radius 2 is 1.93 bits per heavy atom. The zero-order valence-electron chi connectivity index (χ0n) is 9.96. The van der Waals surface area contributed by atoms with E-state index in [1.54, 1.807) is 0 Å². The zero-order valence-corrected chi connectivity index (χ0v) is 9.96. The van der Waals surface area contributed by atoms with Gasteiger partial charge in [0.25, 0.3) is 0 Å². The summed E-state index contributed by atoms with van der Waals surface area (Å²) in [5.41, 5.74) is 1.93. The van der Waals surface area contributed by atoms with Crippen molar-refractivity contribution < 1.29 is 0 Å². The van der Waals surface area contributed by atoms with Crippen molar-refractivity contribution in [2.24, 2.45) is 5.92 Å². The van der Waals surface area contributed by atoms with Crippen LogP contribution in [0.5, 0.6) is 0 Å². The van der Waals surface area contributed by atoms with Crippen molar-refractivity contribution in [2.75, 3.05) is 6.54 Å². The maximum Gasteiger partial charge on any atom is 0.0107 e. The second kappa shape index (κ2) is 3.97. The molecule has 1 aromatic rings. The highest BCUT2D eigenvalue weighted by molar-refractivity contribution is 5.33. The highest BCUT2D eigenvalue weighted by Gasteiger charge is 2.51. The van der Waals surface area contributed by atoms with Gasteiger partial charge in [0.05, 0.1) is 0 Å². The Bertz CT molecular complexity index is 317. The molecule has 2 atom stereocenters. The van der Waals surface area contributed by atoms with E-state index in [9.17, 15) is 0 Å². The summed E-state index contributed by atoms with van der Waals surface area (Å²) in [6, 6.07) is 11.5. The molecule has 0 heterocycles. The van der Waals surface area contributed by atoms with E-state index in [4.69, 9.17) is 0 Å². The number of rotatable bonds is 4. The Balaban J connectivity index is 2.10. The van der Waals surface area contributed by atoms with Gasteiger partial charge in [-0.15, -0.1) is 0 Å². The fraction of sp³-hybridized carbons (Fsp3) is 0.571. The SMILES string of the molecule is CC(C)NCC1(c2ccccc2)CC1C. The summed E-state index contributed by atoms with van der Waals surface area (Å²) < 4.78 is 0. The van der Waals surface area contributed by atoms with Gasteiger partial charge in [-0.25, -0.2) is 0 Å². The van der Waals surface area contributed by atoms with Crippen LogP contribution in [0.1, 0.15) is 32.8 Å². The van der Waals surface area contributed by atoms with Gasteiger partial charge in [-0.05, 0) is 17.9 Å². The average molecular weight is 203 g/mol. The molecule has 0 amide bonds. The number of nitrogens with one attached hydrogen (secondary N) is 1. The molecule has 1 nitrogen and oxygen atoms in total. The third-order valence-corrected chi connectivity index (χ3v) is 3.63. The molecule has 0 bridgehead atoms. The third kappa shape index (κ3) is 2.07. The van der Waals surface area contributed by atoms with Crippen molar-refractivity contribution in [1.29, 1.82) is 0 Å². The zero-order chi connectivity index (χ0) is 10.9. The standard InChI is InChI=1S/C14H21N/c1-11(2)15-10-14(9-12(14)3)13-7-5-4-6-8-13/h4-8,11-12,15H,9-10H2,1-3H3. The summed E-state index contributed by atoms with van der Waals surface area (Å²) in [6.07, 6.45) is 1.33. The quantitative estimate of drug-likeness (QED) is 0.793. The number of benzene rings is 1. The van der Waals surface area contributed by atoms with Gasteiger partial charge in [0.15, 0.2) is 0 Å². The first-order valence-corrected chi connectivity index (χ1v) is 5.94. The first-order chi connectivity index (χ1) is 7.15.